The normalized spacial score (nSPS) is 20.7. The number of Topliss-reactive ketones (excluding diaryl/α,β-unsaturated/α-hetero) is 1. The summed E-state index contributed by atoms with van der Waals surface area (Å²) in [7, 11) is 0. The fraction of sp³-hybridized carbons (Fsp3) is 0.500. The smallest absolute Gasteiger partial charge is 0.137 e. The molecule has 1 aliphatic rings. The molecule has 1 saturated heterocycles. The third kappa shape index (κ3) is 3.30. The van der Waals surface area contributed by atoms with Crippen molar-refractivity contribution in [1.29, 1.82) is 0 Å². The van der Waals surface area contributed by atoms with E-state index in [9.17, 15) is 4.79 Å². The topological polar surface area (TPSA) is 20.3 Å². The maximum atomic E-state index is 11.6. The number of carbonyl (C=O) groups excluding carboxylic acids is 1. The van der Waals surface area contributed by atoms with Crippen LogP contribution in [-0.4, -0.2) is 23.8 Å². The molecule has 17 heavy (non-hydrogen) atoms. The summed E-state index contributed by atoms with van der Waals surface area (Å²) in [6.07, 6.45) is 1.67. The lowest BCUT2D eigenvalue weighted by molar-refractivity contribution is -0.122. The molecule has 0 N–H and O–H groups in total. The Kier molecular flexibility index (Phi) is 4.19. The number of hydrogen-bond acceptors (Lipinski definition) is 2. The second kappa shape index (κ2) is 5.65. The van der Waals surface area contributed by atoms with Gasteiger partial charge in [0.15, 0.2) is 0 Å². The number of ketones is 1. The van der Waals surface area contributed by atoms with E-state index in [1.807, 2.05) is 25.1 Å². The minimum Gasteiger partial charge on any atom is -0.299 e. The molecular weight excluding hydrogens is 234 g/mol. The number of carbonyl (C=O) groups is 1. The first kappa shape index (κ1) is 12.6. The second-order valence-electron chi connectivity index (χ2n) is 4.67. The molecule has 3 heteroatoms. The molecule has 1 atom stereocenters. The van der Waals surface area contributed by atoms with Crippen LogP contribution in [0.4, 0.5) is 0 Å². The summed E-state index contributed by atoms with van der Waals surface area (Å²) in [6.45, 7) is 4.76. The fourth-order valence-electron chi connectivity index (χ4n) is 2.42. The Labute approximate surface area is 108 Å². The van der Waals surface area contributed by atoms with Gasteiger partial charge in [0.05, 0.1) is 0 Å². The van der Waals surface area contributed by atoms with Crippen molar-refractivity contribution in [2.45, 2.75) is 26.3 Å². The lowest BCUT2D eigenvalue weighted by atomic mass is 10.0. The highest BCUT2D eigenvalue weighted by Crippen LogP contribution is 2.21. The zero-order valence-corrected chi connectivity index (χ0v) is 10.9. The SMILES string of the molecule is CCC(=O)C1CCN(Cc2cccc(Cl)c2)C1. The number of rotatable bonds is 4. The molecule has 1 heterocycles. The van der Waals surface area contributed by atoms with E-state index in [4.69, 9.17) is 11.6 Å². The van der Waals surface area contributed by atoms with Crippen LogP contribution in [0.1, 0.15) is 25.3 Å². The van der Waals surface area contributed by atoms with Gasteiger partial charge in [-0.15, -0.1) is 0 Å². The molecule has 0 spiro atoms. The predicted molar refractivity (Wildman–Crippen MR) is 70.1 cm³/mol. The van der Waals surface area contributed by atoms with Crippen molar-refractivity contribution >= 4 is 17.4 Å². The molecule has 1 aliphatic heterocycles. The summed E-state index contributed by atoms with van der Waals surface area (Å²) in [6, 6.07) is 7.94. The maximum Gasteiger partial charge on any atom is 0.137 e. The van der Waals surface area contributed by atoms with Crippen LogP contribution >= 0.6 is 11.6 Å². The first-order valence-electron chi connectivity index (χ1n) is 6.18. The Morgan fingerprint density at radius 2 is 2.35 bits per heavy atom. The van der Waals surface area contributed by atoms with Gasteiger partial charge in [-0.25, -0.2) is 0 Å². The fourth-order valence-corrected chi connectivity index (χ4v) is 2.63. The minimum atomic E-state index is 0.249. The average molecular weight is 252 g/mol. The van der Waals surface area contributed by atoms with Gasteiger partial charge < -0.3 is 0 Å². The molecule has 1 fully saturated rings. The molecule has 92 valence electrons. The molecule has 0 radical (unpaired) electrons. The van der Waals surface area contributed by atoms with Crippen LogP contribution in [0, 0.1) is 5.92 Å². The number of nitrogens with zero attached hydrogens (tertiary/aromatic N) is 1. The first-order valence-corrected chi connectivity index (χ1v) is 6.56. The van der Waals surface area contributed by atoms with E-state index >= 15 is 0 Å². The van der Waals surface area contributed by atoms with E-state index in [1.54, 1.807) is 0 Å². The summed E-state index contributed by atoms with van der Waals surface area (Å²) >= 11 is 5.96. The van der Waals surface area contributed by atoms with Gasteiger partial charge in [0.25, 0.3) is 0 Å². The molecule has 0 bridgehead atoms. The van der Waals surface area contributed by atoms with Crippen molar-refractivity contribution < 1.29 is 4.79 Å². The van der Waals surface area contributed by atoms with E-state index < -0.39 is 0 Å². The lowest BCUT2D eigenvalue weighted by Gasteiger charge is -2.15. The Hall–Kier alpha value is -0.860. The summed E-state index contributed by atoms with van der Waals surface area (Å²) in [4.78, 5) is 14.0. The first-order chi connectivity index (χ1) is 8.19. The van der Waals surface area contributed by atoms with E-state index in [0.717, 1.165) is 31.1 Å². The maximum absolute atomic E-state index is 11.6. The summed E-state index contributed by atoms with van der Waals surface area (Å²) in [5, 5.41) is 0.780. The molecule has 1 aromatic carbocycles. The summed E-state index contributed by atoms with van der Waals surface area (Å²) in [5.41, 5.74) is 1.22. The Balaban J connectivity index is 1.92. The van der Waals surface area contributed by atoms with Gasteiger partial charge in [-0.05, 0) is 30.7 Å². The van der Waals surface area contributed by atoms with Crippen LogP contribution < -0.4 is 0 Å². The summed E-state index contributed by atoms with van der Waals surface area (Å²) < 4.78 is 0. The Morgan fingerprint density at radius 3 is 3.06 bits per heavy atom. The average Bonchev–Trinajstić information content (AvgIpc) is 2.76. The van der Waals surface area contributed by atoms with E-state index in [-0.39, 0.29) is 5.92 Å². The van der Waals surface area contributed by atoms with Crippen molar-refractivity contribution in [1.82, 2.24) is 4.90 Å². The van der Waals surface area contributed by atoms with Gasteiger partial charge in [0.2, 0.25) is 0 Å². The van der Waals surface area contributed by atoms with Crippen LogP contribution in [-0.2, 0) is 11.3 Å². The van der Waals surface area contributed by atoms with Crippen LogP contribution in [0.5, 0.6) is 0 Å². The zero-order valence-electron chi connectivity index (χ0n) is 10.2. The molecule has 0 saturated carbocycles. The molecule has 0 aromatic heterocycles. The monoisotopic (exact) mass is 251 g/mol. The molecular formula is C14H18ClNO. The van der Waals surface area contributed by atoms with Crippen LogP contribution in [0.15, 0.2) is 24.3 Å². The number of halogens is 1. The molecule has 2 nitrogen and oxygen atoms in total. The van der Waals surface area contributed by atoms with Crippen LogP contribution in [0.25, 0.3) is 0 Å². The molecule has 2 rings (SSSR count). The lowest BCUT2D eigenvalue weighted by Crippen LogP contribution is -2.22. The van der Waals surface area contributed by atoms with E-state index in [0.29, 0.717) is 12.2 Å². The van der Waals surface area contributed by atoms with Crippen molar-refractivity contribution in [2.75, 3.05) is 13.1 Å². The second-order valence-corrected chi connectivity index (χ2v) is 5.11. The van der Waals surface area contributed by atoms with Crippen molar-refractivity contribution in [2.24, 2.45) is 5.92 Å². The van der Waals surface area contributed by atoms with Gasteiger partial charge in [-0.1, -0.05) is 30.7 Å². The minimum absolute atomic E-state index is 0.249. The summed E-state index contributed by atoms with van der Waals surface area (Å²) in [5.74, 6) is 0.651. The Bertz CT molecular complexity index is 405. The standard InChI is InChI=1S/C14H18ClNO/c1-2-14(17)12-6-7-16(10-12)9-11-4-3-5-13(15)8-11/h3-5,8,12H,2,6-7,9-10H2,1H3. The molecule has 0 amide bonds. The molecule has 1 unspecified atom stereocenters. The van der Waals surface area contributed by atoms with Crippen molar-refractivity contribution in [3.8, 4) is 0 Å². The Morgan fingerprint density at radius 1 is 1.53 bits per heavy atom. The number of benzene rings is 1. The third-order valence-corrected chi connectivity index (χ3v) is 3.61. The van der Waals surface area contributed by atoms with Crippen LogP contribution in [0.2, 0.25) is 5.02 Å². The highest BCUT2D eigenvalue weighted by Gasteiger charge is 2.26. The van der Waals surface area contributed by atoms with E-state index in [1.165, 1.54) is 5.56 Å². The zero-order chi connectivity index (χ0) is 12.3. The largest absolute Gasteiger partial charge is 0.299 e. The highest BCUT2D eigenvalue weighted by molar-refractivity contribution is 6.30. The quantitative estimate of drug-likeness (QED) is 0.820. The molecule has 1 aromatic rings. The highest BCUT2D eigenvalue weighted by atomic mass is 35.5. The third-order valence-electron chi connectivity index (χ3n) is 3.37. The predicted octanol–water partition coefficient (Wildman–Crippen LogP) is 3.14. The van der Waals surface area contributed by atoms with Gasteiger partial charge >= 0.3 is 0 Å². The van der Waals surface area contributed by atoms with E-state index in [2.05, 4.69) is 11.0 Å². The van der Waals surface area contributed by atoms with Crippen molar-refractivity contribution in [3.05, 3.63) is 34.9 Å². The van der Waals surface area contributed by atoms with Gasteiger partial charge in [-0.3, -0.25) is 9.69 Å². The molecule has 0 aliphatic carbocycles. The van der Waals surface area contributed by atoms with Gasteiger partial charge in [0, 0.05) is 30.5 Å². The van der Waals surface area contributed by atoms with Crippen molar-refractivity contribution in [3.63, 3.8) is 0 Å². The number of hydrogen-bond donors (Lipinski definition) is 0. The van der Waals surface area contributed by atoms with Gasteiger partial charge in [-0.2, -0.15) is 0 Å². The number of likely N-dealkylation sites (tertiary alicyclic amines) is 1. The van der Waals surface area contributed by atoms with Crippen LogP contribution in [0.3, 0.4) is 0 Å². The van der Waals surface area contributed by atoms with Gasteiger partial charge in [0.1, 0.15) is 5.78 Å².